The molecule has 0 aliphatic carbocycles. The van der Waals surface area contributed by atoms with Crippen LogP contribution in [0.4, 0.5) is 0 Å². The highest BCUT2D eigenvalue weighted by Gasteiger charge is 2.20. The molecule has 106 valence electrons. The molecule has 2 rings (SSSR count). The number of hydrogen-bond acceptors (Lipinski definition) is 3. The van der Waals surface area contributed by atoms with E-state index in [2.05, 4.69) is 4.90 Å². The standard InChI is InChI=1S/C16H25NO2/c1-19-13-14-6-5-10-17(12-14)11-9-16(18)15-7-3-2-4-8-15/h2-4,7-8,14,16,18H,5-6,9-13H2,1H3. The first kappa shape index (κ1) is 14.5. The Balaban J connectivity index is 1.75. The average Bonchev–Trinajstić information content (AvgIpc) is 2.46. The minimum atomic E-state index is -0.344. The highest BCUT2D eigenvalue weighted by molar-refractivity contribution is 5.17. The van der Waals surface area contributed by atoms with Gasteiger partial charge in [-0.2, -0.15) is 0 Å². The molecule has 3 heteroatoms. The maximum absolute atomic E-state index is 10.2. The minimum absolute atomic E-state index is 0.344. The zero-order valence-electron chi connectivity index (χ0n) is 11.8. The molecule has 0 amide bonds. The second kappa shape index (κ2) is 7.63. The van der Waals surface area contributed by atoms with Crippen molar-refractivity contribution in [3.8, 4) is 0 Å². The van der Waals surface area contributed by atoms with Gasteiger partial charge in [-0.1, -0.05) is 30.3 Å². The molecule has 1 fully saturated rings. The number of methoxy groups -OCH3 is 1. The van der Waals surface area contributed by atoms with Crippen LogP contribution in [0.3, 0.4) is 0 Å². The van der Waals surface area contributed by atoms with Crippen LogP contribution in [-0.2, 0) is 4.74 Å². The van der Waals surface area contributed by atoms with Crippen molar-refractivity contribution in [2.24, 2.45) is 5.92 Å². The van der Waals surface area contributed by atoms with E-state index in [1.54, 1.807) is 7.11 Å². The predicted octanol–water partition coefficient (Wildman–Crippen LogP) is 2.47. The van der Waals surface area contributed by atoms with Gasteiger partial charge in [0.05, 0.1) is 12.7 Å². The van der Waals surface area contributed by atoms with Gasteiger partial charge in [0.2, 0.25) is 0 Å². The van der Waals surface area contributed by atoms with Crippen LogP contribution in [0.2, 0.25) is 0 Å². The molecule has 0 spiro atoms. The minimum Gasteiger partial charge on any atom is -0.388 e. The van der Waals surface area contributed by atoms with E-state index in [4.69, 9.17) is 4.74 Å². The van der Waals surface area contributed by atoms with Gasteiger partial charge < -0.3 is 14.7 Å². The molecule has 2 unspecified atom stereocenters. The van der Waals surface area contributed by atoms with Gasteiger partial charge >= 0.3 is 0 Å². The SMILES string of the molecule is COCC1CCCN(CCC(O)c2ccccc2)C1. The summed E-state index contributed by atoms with van der Waals surface area (Å²) in [4.78, 5) is 2.46. The summed E-state index contributed by atoms with van der Waals surface area (Å²) < 4.78 is 5.25. The van der Waals surface area contributed by atoms with E-state index in [1.807, 2.05) is 30.3 Å². The largest absolute Gasteiger partial charge is 0.388 e. The number of benzene rings is 1. The second-order valence-corrected chi connectivity index (χ2v) is 5.48. The van der Waals surface area contributed by atoms with Gasteiger partial charge in [-0.05, 0) is 37.3 Å². The van der Waals surface area contributed by atoms with Crippen molar-refractivity contribution in [3.05, 3.63) is 35.9 Å². The van der Waals surface area contributed by atoms with Crippen molar-refractivity contribution in [1.29, 1.82) is 0 Å². The molecule has 1 N–H and O–H groups in total. The van der Waals surface area contributed by atoms with Crippen molar-refractivity contribution in [1.82, 2.24) is 4.90 Å². The van der Waals surface area contributed by atoms with E-state index in [-0.39, 0.29) is 6.10 Å². The van der Waals surface area contributed by atoms with Crippen LogP contribution in [0.5, 0.6) is 0 Å². The van der Waals surface area contributed by atoms with Crippen LogP contribution in [-0.4, -0.2) is 43.4 Å². The lowest BCUT2D eigenvalue weighted by Crippen LogP contribution is -2.38. The topological polar surface area (TPSA) is 32.7 Å². The van der Waals surface area contributed by atoms with Crippen molar-refractivity contribution < 1.29 is 9.84 Å². The molecule has 1 aliphatic heterocycles. The maximum Gasteiger partial charge on any atom is 0.0802 e. The van der Waals surface area contributed by atoms with Crippen molar-refractivity contribution >= 4 is 0 Å². The zero-order chi connectivity index (χ0) is 13.5. The van der Waals surface area contributed by atoms with Crippen molar-refractivity contribution in [2.75, 3.05) is 33.4 Å². The smallest absolute Gasteiger partial charge is 0.0802 e. The molecule has 0 aromatic heterocycles. The molecule has 1 aliphatic rings. The molecule has 1 aromatic carbocycles. The van der Waals surface area contributed by atoms with Crippen molar-refractivity contribution in [3.63, 3.8) is 0 Å². The summed E-state index contributed by atoms with van der Waals surface area (Å²) in [6.45, 7) is 4.09. The quantitative estimate of drug-likeness (QED) is 0.856. The first-order chi connectivity index (χ1) is 9.29. The van der Waals surface area contributed by atoms with Gasteiger partial charge in [-0.15, -0.1) is 0 Å². The summed E-state index contributed by atoms with van der Waals surface area (Å²) in [5.41, 5.74) is 1.02. The third kappa shape index (κ3) is 4.60. The van der Waals surface area contributed by atoms with Crippen LogP contribution in [0.15, 0.2) is 30.3 Å². The fourth-order valence-corrected chi connectivity index (χ4v) is 2.87. The summed E-state index contributed by atoms with van der Waals surface area (Å²) in [5, 5.41) is 10.2. The van der Waals surface area contributed by atoms with Crippen molar-refractivity contribution in [2.45, 2.75) is 25.4 Å². The van der Waals surface area contributed by atoms with Gasteiger partial charge in [0.25, 0.3) is 0 Å². The summed E-state index contributed by atoms with van der Waals surface area (Å²) in [7, 11) is 1.78. The lowest BCUT2D eigenvalue weighted by Gasteiger charge is -2.32. The summed E-state index contributed by atoms with van der Waals surface area (Å²) >= 11 is 0. The Morgan fingerprint density at radius 3 is 2.89 bits per heavy atom. The van der Waals surface area contributed by atoms with Gasteiger partial charge in [0.15, 0.2) is 0 Å². The Kier molecular flexibility index (Phi) is 5.83. The molecule has 0 bridgehead atoms. The lowest BCUT2D eigenvalue weighted by molar-refractivity contribution is 0.0779. The molecule has 0 radical (unpaired) electrons. The average molecular weight is 263 g/mol. The fourth-order valence-electron chi connectivity index (χ4n) is 2.87. The van der Waals surface area contributed by atoms with E-state index in [9.17, 15) is 5.11 Å². The van der Waals surface area contributed by atoms with E-state index in [0.717, 1.165) is 38.2 Å². The molecule has 2 atom stereocenters. The number of likely N-dealkylation sites (tertiary alicyclic amines) is 1. The number of aliphatic hydroxyl groups excluding tert-OH is 1. The van der Waals surface area contributed by atoms with Crippen LogP contribution in [0.1, 0.15) is 30.9 Å². The van der Waals surface area contributed by atoms with Gasteiger partial charge in [-0.3, -0.25) is 0 Å². The zero-order valence-corrected chi connectivity index (χ0v) is 11.8. The van der Waals surface area contributed by atoms with Gasteiger partial charge in [0.1, 0.15) is 0 Å². The highest BCUT2D eigenvalue weighted by atomic mass is 16.5. The third-order valence-corrected chi connectivity index (χ3v) is 3.91. The predicted molar refractivity (Wildman–Crippen MR) is 77.1 cm³/mol. The van der Waals surface area contributed by atoms with Gasteiger partial charge in [0, 0.05) is 20.2 Å². The first-order valence-corrected chi connectivity index (χ1v) is 7.24. The number of ether oxygens (including phenoxy) is 1. The van der Waals surface area contributed by atoms with E-state index < -0.39 is 0 Å². The lowest BCUT2D eigenvalue weighted by atomic mass is 9.98. The fraction of sp³-hybridized carbons (Fsp3) is 0.625. The number of hydrogen-bond donors (Lipinski definition) is 1. The number of nitrogens with zero attached hydrogens (tertiary/aromatic N) is 1. The molecule has 0 saturated carbocycles. The number of aliphatic hydroxyl groups is 1. The molecular weight excluding hydrogens is 238 g/mol. The van der Waals surface area contributed by atoms with E-state index >= 15 is 0 Å². The first-order valence-electron chi connectivity index (χ1n) is 7.24. The van der Waals surface area contributed by atoms with E-state index in [0.29, 0.717) is 5.92 Å². The highest BCUT2D eigenvalue weighted by Crippen LogP contribution is 2.20. The molecule has 1 saturated heterocycles. The summed E-state index contributed by atoms with van der Waals surface area (Å²) in [5.74, 6) is 0.660. The number of piperidine rings is 1. The normalized spacial score (nSPS) is 22.3. The Hall–Kier alpha value is -0.900. The van der Waals surface area contributed by atoms with Crippen LogP contribution >= 0.6 is 0 Å². The molecule has 3 nitrogen and oxygen atoms in total. The van der Waals surface area contributed by atoms with Crippen LogP contribution in [0, 0.1) is 5.92 Å². The molecule has 19 heavy (non-hydrogen) atoms. The Morgan fingerprint density at radius 1 is 1.37 bits per heavy atom. The third-order valence-electron chi connectivity index (χ3n) is 3.91. The maximum atomic E-state index is 10.2. The summed E-state index contributed by atoms with van der Waals surface area (Å²) in [6, 6.07) is 9.93. The van der Waals surface area contributed by atoms with Crippen LogP contribution < -0.4 is 0 Å². The second-order valence-electron chi connectivity index (χ2n) is 5.48. The van der Waals surface area contributed by atoms with Crippen LogP contribution in [0.25, 0.3) is 0 Å². The number of rotatable bonds is 6. The Labute approximate surface area is 116 Å². The van der Waals surface area contributed by atoms with E-state index in [1.165, 1.54) is 12.8 Å². The Bertz CT molecular complexity index is 353. The Morgan fingerprint density at radius 2 is 2.16 bits per heavy atom. The monoisotopic (exact) mass is 263 g/mol. The molecular formula is C16H25NO2. The molecule has 1 heterocycles. The molecule has 1 aromatic rings. The van der Waals surface area contributed by atoms with Gasteiger partial charge in [-0.25, -0.2) is 0 Å². The summed E-state index contributed by atoms with van der Waals surface area (Å²) in [6.07, 6.45) is 2.98.